The van der Waals surface area contributed by atoms with Gasteiger partial charge in [-0.1, -0.05) is 28.9 Å². The Labute approximate surface area is 205 Å². The number of sulfone groups is 1. The van der Waals surface area contributed by atoms with Gasteiger partial charge in [-0.15, -0.1) is 0 Å². The summed E-state index contributed by atoms with van der Waals surface area (Å²) < 4.78 is 46.0. The molecule has 0 amide bonds. The van der Waals surface area contributed by atoms with Crippen LogP contribution in [0.4, 0.5) is 4.39 Å². The molecule has 0 spiro atoms. The molecule has 2 heterocycles. The van der Waals surface area contributed by atoms with Crippen molar-refractivity contribution in [2.45, 2.75) is 17.6 Å². The first-order valence-electron chi connectivity index (χ1n) is 10.6. The lowest BCUT2D eigenvalue weighted by Gasteiger charge is -2.17. The molecule has 1 N–H and O–H groups in total. The molecule has 0 saturated carbocycles. The Hall–Kier alpha value is -3.75. The highest BCUT2D eigenvalue weighted by atomic mass is 35.5. The van der Waals surface area contributed by atoms with E-state index in [0.29, 0.717) is 38.4 Å². The molecule has 0 aliphatic rings. The average Bonchev–Trinajstić information content (AvgIpc) is 3.32. The van der Waals surface area contributed by atoms with Crippen molar-refractivity contribution in [1.29, 1.82) is 5.41 Å². The molecule has 0 aliphatic heterocycles. The van der Waals surface area contributed by atoms with Crippen LogP contribution < -0.4 is 5.49 Å². The predicted octanol–water partition coefficient (Wildman–Crippen LogP) is 5.84. The van der Waals surface area contributed by atoms with Crippen LogP contribution in [0.1, 0.15) is 11.3 Å². The predicted molar refractivity (Wildman–Crippen MR) is 132 cm³/mol. The summed E-state index contributed by atoms with van der Waals surface area (Å²) in [5.74, 6) is -0.631. The van der Waals surface area contributed by atoms with Crippen molar-refractivity contribution in [3.63, 3.8) is 0 Å². The van der Waals surface area contributed by atoms with E-state index < -0.39 is 9.84 Å². The Bertz CT molecular complexity index is 1750. The maximum absolute atomic E-state index is 13.8. The zero-order valence-corrected chi connectivity index (χ0v) is 20.1. The van der Waals surface area contributed by atoms with Crippen LogP contribution in [0.15, 0.2) is 88.5 Å². The highest BCUT2D eigenvalue weighted by Gasteiger charge is 2.19. The molecule has 6 nitrogen and oxygen atoms in total. The number of hydrogen-bond acceptors (Lipinski definition) is 5. The molecule has 9 heteroatoms. The van der Waals surface area contributed by atoms with Crippen molar-refractivity contribution in [1.82, 2.24) is 9.72 Å². The van der Waals surface area contributed by atoms with Gasteiger partial charge in [0, 0.05) is 11.6 Å². The van der Waals surface area contributed by atoms with E-state index in [2.05, 4.69) is 5.16 Å². The fourth-order valence-electron chi connectivity index (χ4n) is 4.07. The second-order valence-electron chi connectivity index (χ2n) is 8.15. The number of rotatable bonds is 5. The molecule has 0 radical (unpaired) electrons. The van der Waals surface area contributed by atoms with Crippen LogP contribution in [0.5, 0.6) is 0 Å². The Kier molecular flexibility index (Phi) is 5.78. The molecule has 0 saturated heterocycles. The standard InChI is InChI=1S/C26H19ClFN3O3S/c1-16-11-22(17-3-2-4-19(28)12-17)23(27)14-25(16)31-24-7-6-21(13-18(24)5-8-26(31)29)35(32,33)15-20-9-10-34-30-20/h2-14,29H,15H2,1H3. The first kappa shape index (κ1) is 23.0. The third kappa shape index (κ3) is 4.38. The lowest BCUT2D eigenvalue weighted by molar-refractivity contribution is 0.413. The average molecular weight is 508 g/mol. The van der Waals surface area contributed by atoms with Crippen molar-refractivity contribution in [3.8, 4) is 16.8 Å². The third-order valence-corrected chi connectivity index (χ3v) is 7.71. The van der Waals surface area contributed by atoms with E-state index in [1.54, 1.807) is 47.0 Å². The minimum absolute atomic E-state index is 0.147. The van der Waals surface area contributed by atoms with Crippen LogP contribution in [-0.4, -0.2) is 18.1 Å². The number of pyridine rings is 1. The first-order chi connectivity index (χ1) is 16.7. The number of aryl methyl sites for hydroxylation is 1. The molecular weight excluding hydrogens is 489 g/mol. The summed E-state index contributed by atoms with van der Waals surface area (Å²) in [7, 11) is -3.65. The van der Waals surface area contributed by atoms with Crippen molar-refractivity contribution in [2.24, 2.45) is 0 Å². The highest BCUT2D eigenvalue weighted by molar-refractivity contribution is 7.90. The van der Waals surface area contributed by atoms with Crippen LogP contribution in [0.25, 0.3) is 27.7 Å². The summed E-state index contributed by atoms with van der Waals surface area (Å²) in [4.78, 5) is 0.147. The van der Waals surface area contributed by atoms with Crippen molar-refractivity contribution >= 4 is 32.3 Å². The largest absolute Gasteiger partial charge is 0.364 e. The Morgan fingerprint density at radius 2 is 1.89 bits per heavy atom. The number of benzene rings is 3. The van der Waals surface area contributed by atoms with E-state index in [4.69, 9.17) is 21.5 Å². The van der Waals surface area contributed by atoms with Gasteiger partial charge in [-0.05, 0) is 78.0 Å². The molecule has 0 unspecified atom stereocenters. The van der Waals surface area contributed by atoms with Gasteiger partial charge in [0.15, 0.2) is 9.84 Å². The normalized spacial score (nSPS) is 11.7. The summed E-state index contributed by atoms with van der Waals surface area (Å²) in [5.41, 5.74) is 4.00. The summed E-state index contributed by atoms with van der Waals surface area (Å²) in [6.45, 7) is 1.89. The van der Waals surface area contributed by atoms with Gasteiger partial charge in [0.25, 0.3) is 0 Å². The molecule has 5 rings (SSSR count). The maximum atomic E-state index is 13.8. The summed E-state index contributed by atoms with van der Waals surface area (Å²) >= 11 is 6.60. The molecule has 2 aromatic heterocycles. The smallest absolute Gasteiger partial charge is 0.184 e. The number of fused-ring (bicyclic) bond motifs is 1. The Morgan fingerprint density at radius 1 is 1.06 bits per heavy atom. The molecule has 0 aliphatic carbocycles. The Morgan fingerprint density at radius 3 is 2.63 bits per heavy atom. The molecule has 0 fully saturated rings. The van der Waals surface area contributed by atoms with Gasteiger partial charge in [0.1, 0.15) is 23.3 Å². The summed E-state index contributed by atoms with van der Waals surface area (Å²) in [5, 5.41) is 13.3. The number of nitrogens with one attached hydrogen (secondary N) is 1. The van der Waals surface area contributed by atoms with Crippen LogP contribution in [0, 0.1) is 18.2 Å². The number of nitrogens with zero attached hydrogens (tertiary/aromatic N) is 2. The zero-order valence-electron chi connectivity index (χ0n) is 18.5. The van der Waals surface area contributed by atoms with Gasteiger partial charge in [-0.2, -0.15) is 0 Å². The molecule has 5 aromatic rings. The molecular formula is C26H19ClFN3O3S. The minimum atomic E-state index is -3.65. The summed E-state index contributed by atoms with van der Waals surface area (Å²) in [6, 6.07) is 19.4. The van der Waals surface area contributed by atoms with E-state index in [1.807, 2.05) is 13.0 Å². The van der Waals surface area contributed by atoms with Crippen LogP contribution in [0.3, 0.4) is 0 Å². The van der Waals surface area contributed by atoms with E-state index in [0.717, 1.165) is 5.56 Å². The lowest BCUT2D eigenvalue weighted by Crippen LogP contribution is -2.19. The highest BCUT2D eigenvalue weighted by Crippen LogP contribution is 2.33. The fourth-order valence-corrected chi connectivity index (χ4v) is 5.63. The number of aromatic nitrogens is 2. The van der Waals surface area contributed by atoms with Crippen molar-refractivity contribution in [3.05, 3.63) is 107 Å². The Balaban J connectivity index is 1.62. The van der Waals surface area contributed by atoms with Gasteiger partial charge in [-0.3, -0.25) is 9.98 Å². The molecule has 176 valence electrons. The van der Waals surface area contributed by atoms with Crippen molar-refractivity contribution < 1.29 is 17.3 Å². The van der Waals surface area contributed by atoms with Crippen LogP contribution in [0.2, 0.25) is 5.02 Å². The number of hydrogen-bond donors (Lipinski definition) is 1. The van der Waals surface area contributed by atoms with Crippen LogP contribution in [-0.2, 0) is 15.6 Å². The first-order valence-corrected chi connectivity index (χ1v) is 12.6. The number of halogens is 2. The van der Waals surface area contributed by atoms with E-state index >= 15 is 0 Å². The summed E-state index contributed by atoms with van der Waals surface area (Å²) in [6.07, 6.45) is 1.33. The zero-order chi connectivity index (χ0) is 24.7. The quantitative estimate of drug-likeness (QED) is 0.323. The van der Waals surface area contributed by atoms with E-state index in [9.17, 15) is 12.8 Å². The van der Waals surface area contributed by atoms with Gasteiger partial charge in [-0.25, -0.2) is 12.8 Å². The monoisotopic (exact) mass is 507 g/mol. The SMILES string of the molecule is Cc1cc(-c2cccc(F)c2)c(Cl)cc1-n1c(=N)ccc2cc(S(=O)(=O)Cc3ccon3)ccc21. The molecule has 0 bridgehead atoms. The second kappa shape index (κ2) is 8.79. The molecule has 35 heavy (non-hydrogen) atoms. The van der Waals surface area contributed by atoms with Gasteiger partial charge in [0.2, 0.25) is 0 Å². The fraction of sp³-hybridized carbons (Fsp3) is 0.0769. The van der Waals surface area contributed by atoms with Crippen LogP contribution >= 0.6 is 11.6 Å². The van der Waals surface area contributed by atoms with Gasteiger partial charge >= 0.3 is 0 Å². The van der Waals surface area contributed by atoms with Crippen molar-refractivity contribution in [2.75, 3.05) is 0 Å². The third-order valence-electron chi connectivity index (χ3n) is 5.75. The second-order valence-corrected chi connectivity index (χ2v) is 10.6. The van der Waals surface area contributed by atoms with Gasteiger partial charge in [0.05, 0.1) is 26.8 Å². The van der Waals surface area contributed by atoms with Gasteiger partial charge < -0.3 is 4.52 Å². The van der Waals surface area contributed by atoms with E-state index in [1.165, 1.54) is 30.5 Å². The van der Waals surface area contributed by atoms with E-state index in [-0.39, 0.29) is 22.0 Å². The lowest BCUT2D eigenvalue weighted by atomic mass is 10.0. The maximum Gasteiger partial charge on any atom is 0.184 e. The molecule has 0 atom stereocenters. The topological polar surface area (TPSA) is 89.0 Å². The molecule has 3 aromatic carbocycles. The minimum Gasteiger partial charge on any atom is -0.364 e.